The van der Waals surface area contributed by atoms with Crippen LogP contribution in [0.2, 0.25) is 0 Å². The summed E-state index contributed by atoms with van der Waals surface area (Å²) in [4.78, 5) is 8.46. The molecule has 2 aromatic rings. The van der Waals surface area contributed by atoms with Crippen LogP contribution in [0.4, 0.5) is 4.39 Å². The van der Waals surface area contributed by atoms with Gasteiger partial charge in [0.15, 0.2) is 5.96 Å². The van der Waals surface area contributed by atoms with E-state index in [1.807, 2.05) is 6.07 Å². The van der Waals surface area contributed by atoms with E-state index >= 15 is 0 Å². The molecule has 1 aromatic carbocycles. The number of rotatable bonds is 7. The lowest BCUT2D eigenvalue weighted by atomic mass is 10.2. The zero-order valence-electron chi connectivity index (χ0n) is 13.5. The SMILES string of the molecule is CCCCNC(N)=NCc1cccnc1Oc1cccc(F)c1.I. The highest BCUT2D eigenvalue weighted by atomic mass is 127. The number of unbranched alkanes of at least 4 members (excludes halogenated alkanes) is 1. The van der Waals surface area contributed by atoms with Gasteiger partial charge in [-0.25, -0.2) is 14.4 Å². The molecule has 0 atom stereocenters. The highest BCUT2D eigenvalue weighted by Gasteiger charge is 2.06. The summed E-state index contributed by atoms with van der Waals surface area (Å²) < 4.78 is 18.9. The Bertz CT molecular complexity index is 667. The van der Waals surface area contributed by atoms with Gasteiger partial charge in [0.25, 0.3) is 0 Å². The van der Waals surface area contributed by atoms with E-state index in [0.29, 0.717) is 24.1 Å². The highest BCUT2D eigenvalue weighted by molar-refractivity contribution is 14.0. The van der Waals surface area contributed by atoms with E-state index in [1.165, 1.54) is 12.1 Å². The van der Waals surface area contributed by atoms with Crippen LogP contribution in [0.15, 0.2) is 47.6 Å². The van der Waals surface area contributed by atoms with Crippen LogP contribution in [0.1, 0.15) is 25.3 Å². The van der Waals surface area contributed by atoms with Crippen LogP contribution in [0.3, 0.4) is 0 Å². The Kier molecular flexibility index (Phi) is 9.06. The smallest absolute Gasteiger partial charge is 0.224 e. The summed E-state index contributed by atoms with van der Waals surface area (Å²) in [7, 11) is 0. The number of guanidine groups is 1. The molecule has 0 aliphatic carbocycles. The van der Waals surface area contributed by atoms with Crippen molar-refractivity contribution in [2.24, 2.45) is 10.7 Å². The van der Waals surface area contributed by atoms with Gasteiger partial charge in [0, 0.05) is 24.4 Å². The third-order valence-electron chi connectivity index (χ3n) is 3.12. The van der Waals surface area contributed by atoms with Gasteiger partial charge in [-0.05, 0) is 24.6 Å². The maximum absolute atomic E-state index is 13.2. The van der Waals surface area contributed by atoms with Crippen molar-refractivity contribution in [2.75, 3.05) is 6.54 Å². The van der Waals surface area contributed by atoms with Crippen molar-refractivity contribution in [1.82, 2.24) is 10.3 Å². The molecule has 7 heteroatoms. The van der Waals surface area contributed by atoms with Gasteiger partial charge in [0.2, 0.25) is 5.88 Å². The monoisotopic (exact) mass is 444 g/mol. The van der Waals surface area contributed by atoms with E-state index in [9.17, 15) is 4.39 Å². The molecule has 0 radical (unpaired) electrons. The largest absolute Gasteiger partial charge is 0.439 e. The van der Waals surface area contributed by atoms with E-state index in [-0.39, 0.29) is 29.8 Å². The van der Waals surface area contributed by atoms with E-state index < -0.39 is 0 Å². The van der Waals surface area contributed by atoms with Crippen LogP contribution < -0.4 is 15.8 Å². The van der Waals surface area contributed by atoms with Gasteiger partial charge < -0.3 is 15.8 Å². The number of pyridine rings is 1. The van der Waals surface area contributed by atoms with Gasteiger partial charge in [-0.2, -0.15) is 0 Å². The van der Waals surface area contributed by atoms with E-state index in [1.54, 1.807) is 24.4 Å². The average molecular weight is 444 g/mol. The number of nitrogens with two attached hydrogens (primary N) is 1. The number of hydrogen-bond acceptors (Lipinski definition) is 3. The van der Waals surface area contributed by atoms with Crippen molar-refractivity contribution in [3.8, 4) is 11.6 Å². The number of halogens is 2. The summed E-state index contributed by atoms with van der Waals surface area (Å²) in [5.41, 5.74) is 6.59. The Balaban J connectivity index is 0.00000288. The molecule has 0 saturated carbocycles. The van der Waals surface area contributed by atoms with Crippen molar-refractivity contribution in [2.45, 2.75) is 26.3 Å². The number of hydrogen-bond donors (Lipinski definition) is 2. The molecule has 0 saturated heterocycles. The molecule has 1 aromatic heterocycles. The van der Waals surface area contributed by atoms with Crippen molar-refractivity contribution in [3.63, 3.8) is 0 Å². The standard InChI is InChI=1S/C17H21FN4O.HI/c1-2-3-9-21-17(19)22-12-13-6-5-10-20-16(13)23-15-8-4-7-14(18)11-15;/h4-8,10-11H,2-3,9,12H2,1H3,(H3,19,21,22);1H. The molecular weight excluding hydrogens is 422 g/mol. The number of aromatic nitrogens is 1. The summed E-state index contributed by atoms with van der Waals surface area (Å²) in [6, 6.07) is 9.57. The molecule has 0 amide bonds. The molecule has 2 rings (SSSR count). The quantitative estimate of drug-likeness (QED) is 0.295. The Morgan fingerprint density at radius 1 is 1.33 bits per heavy atom. The van der Waals surface area contributed by atoms with Crippen LogP contribution in [0.25, 0.3) is 0 Å². The molecule has 0 aliphatic rings. The predicted molar refractivity (Wildman–Crippen MR) is 104 cm³/mol. The third-order valence-corrected chi connectivity index (χ3v) is 3.12. The Labute approximate surface area is 158 Å². The lowest BCUT2D eigenvalue weighted by Crippen LogP contribution is -2.32. The van der Waals surface area contributed by atoms with Crippen LogP contribution in [-0.4, -0.2) is 17.5 Å². The van der Waals surface area contributed by atoms with E-state index in [4.69, 9.17) is 10.5 Å². The first-order chi connectivity index (χ1) is 11.2. The Hall–Kier alpha value is -1.90. The molecule has 0 unspecified atom stereocenters. The number of ether oxygens (including phenoxy) is 1. The lowest BCUT2D eigenvalue weighted by Gasteiger charge is -2.09. The van der Waals surface area contributed by atoms with Gasteiger partial charge in [-0.1, -0.05) is 25.5 Å². The highest BCUT2D eigenvalue weighted by Crippen LogP contribution is 2.23. The number of nitrogens with one attached hydrogen (secondary N) is 1. The van der Waals surface area contributed by atoms with Gasteiger partial charge in [0.05, 0.1) is 6.54 Å². The van der Waals surface area contributed by atoms with Crippen LogP contribution >= 0.6 is 24.0 Å². The minimum Gasteiger partial charge on any atom is -0.439 e. The Morgan fingerprint density at radius 3 is 2.92 bits per heavy atom. The predicted octanol–water partition coefficient (Wildman–Crippen LogP) is 3.84. The molecule has 0 spiro atoms. The summed E-state index contributed by atoms with van der Waals surface area (Å²) >= 11 is 0. The molecule has 130 valence electrons. The number of nitrogens with zero attached hydrogens (tertiary/aromatic N) is 2. The fourth-order valence-corrected chi connectivity index (χ4v) is 1.90. The first kappa shape index (κ1) is 20.1. The second-order valence-corrected chi connectivity index (χ2v) is 5.01. The first-order valence-corrected chi connectivity index (χ1v) is 7.60. The van der Waals surface area contributed by atoms with Crippen LogP contribution in [0.5, 0.6) is 11.6 Å². The number of benzene rings is 1. The molecule has 5 nitrogen and oxygen atoms in total. The summed E-state index contributed by atoms with van der Waals surface area (Å²) in [6.07, 6.45) is 3.75. The van der Waals surface area contributed by atoms with Gasteiger partial charge in [0.1, 0.15) is 11.6 Å². The molecular formula is C17H22FIN4O. The molecule has 24 heavy (non-hydrogen) atoms. The Morgan fingerprint density at radius 2 is 2.17 bits per heavy atom. The third kappa shape index (κ3) is 6.69. The van der Waals surface area contributed by atoms with Crippen molar-refractivity contribution >= 4 is 29.9 Å². The fourth-order valence-electron chi connectivity index (χ4n) is 1.90. The van der Waals surface area contributed by atoms with Gasteiger partial charge in [-0.3, -0.25) is 0 Å². The van der Waals surface area contributed by atoms with Crippen LogP contribution in [-0.2, 0) is 6.54 Å². The minimum atomic E-state index is -0.359. The van der Waals surface area contributed by atoms with Gasteiger partial charge >= 0.3 is 0 Å². The summed E-state index contributed by atoms with van der Waals surface area (Å²) in [5, 5.41) is 3.05. The molecule has 1 heterocycles. The molecule has 0 bridgehead atoms. The molecule has 0 fully saturated rings. The van der Waals surface area contributed by atoms with Crippen LogP contribution in [0, 0.1) is 5.82 Å². The maximum Gasteiger partial charge on any atom is 0.224 e. The van der Waals surface area contributed by atoms with E-state index in [0.717, 1.165) is 24.9 Å². The fraction of sp³-hybridized carbons (Fsp3) is 0.294. The zero-order chi connectivity index (χ0) is 16.5. The summed E-state index contributed by atoms with van der Waals surface area (Å²) in [5.74, 6) is 0.813. The molecule has 3 N–H and O–H groups in total. The summed E-state index contributed by atoms with van der Waals surface area (Å²) in [6.45, 7) is 3.25. The zero-order valence-corrected chi connectivity index (χ0v) is 15.9. The second-order valence-electron chi connectivity index (χ2n) is 5.01. The normalized spacial score (nSPS) is 10.8. The van der Waals surface area contributed by atoms with Gasteiger partial charge in [-0.15, -0.1) is 24.0 Å². The molecule has 0 aliphatic heterocycles. The average Bonchev–Trinajstić information content (AvgIpc) is 2.54. The topological polar surface area (TPSA) is 72.5 Å². The first-order valence-electron chi connectivity index (χ1n) is 7.60. The van der Waals surface area contributed by atoms with E-state index in [2.05, 4.69) is 22.2 Å². The minimum absolute atomic E-state index is 0. The lowest BCUT2D eigenvalue weighted by molar-refractivity contribution is 0.452. The van der Waals surface area contributed by atoms with Crippen molar-refractivity contribution in [3.05, 3.63) is 54.0 Å². The number of aliphatic imine (C=N–C) groups is 1. The maximum atomic E-state index is 13.2. The van der Waals surface area contributed by atoms with Crippen molar-refractivity contribution in [1.29, 1.82) is 0 Å². The second kappa shape index (κ2) is 10.8. The van der Waals surface area contributed by atoms with Crippen molar-refractivity contribution < 1.29 is 9.13 Å².